The molecule has 0 amide bonds. The molecule has 0 N–H and O–H groups in total. The van der Waals surface area contributed by atoms with Crippen molar-refractivity contribution >= 4 is 0 Å². The average molecular weight is 402 g/mol. The summed E-state index contributed by atoms with van der Waals surface area (Å²) in [5, 5.41) is 0. The van der Waals surface area contributed by atoms with E-state index in [0.29, 0.717) is 35.1 Å². The lowest BCUT2D eigenvalue weighted by Crippen LogP contribution is -2.01. The Bertz CT molecular complexity index is 997. The lowest BCUT2D eigenvalue weighted by Gasteiger charge is -2.11. The Morgan fingerprint density at radius 1 is 0.690 bits per heavy atom. The molecule has 0 spiro atoms. The highest BCUT2D eigenvalue weighted by molar-refractivity contribution is 5.65. The molecule has 3 aromatic carbocycles. The second kappa shape index (κ2) is 9.12. The highest BCUT2D eigenvalue weighted by atomic mass is 19.2. The van der Waals surface area contributed by atoms with Crippen LogP contribution in [-0.2, 0) is 19.4 Å². The summed E-state index contributed by atoms with van der Waals surface area (Å²) in [6.45, 7) is 3.67. The third kappa shape index (κ3) is 4.44. The van der Waals surface area contributed by atoms with Gasteiger partial charge in [0.15, 0.2) is 23.2 Å². The molecule has 0 saturated heterocycles. The molecular weight excluding hydrogens is 380 g/mol. The molecule has 0 saturated carbocycles. The van der Waals surface area contributed by atoms with Crippen molar-refractivity contribution in [3.8, 4) is 16.9 Å². The largest absolute Gasteiger partial charge is 0.486 e. The zero-order valence-electron chi connectivity index (χ0n) is 16.4. The predicted molar refractivity (Wildman–Crippen MR) is 106 cm³/mol. The van der Waals surface area contributed by atoms with E-state index in [0.717, 1.165) is 6.42 Å². The maximum absolute atomic E-state index is 14.4. The van der Waals surface area contributed by atoms with E-state index in [2.05, 4.69) is 0 Å². The van der Waals surface area contributed by atoms with Gasteiger partial charge in [-0.3, -0.25) is 0 Å². The van der Waals surface area contributed by atoms with Gasteiger partial charge in [0.05, 0.1) is 0 Å². The Morgan fingerprint density at radius 2 is 1.34 bits per heavy atom. The first-order valence-corrected chi connectivity index (χ1v) is 9.62. The van der Waals surface area contributed by atoms with E-state index < -0.39 is 23.3 Å². The standard InChI is InChI=1S/C24H22F4O/c1-3-5-18-10-12-19(23(27)22(18)26)17-8-6-15(7-9-17)14-29-20-13-11-16(4-2)21(25)24(20)28/h6-13H,3-5,14H2,1-2H3. The van der Waals surface area contributed by atoms with E-state index in [1.807, 2.05) is 6.92 Å². The zero-order chi connectivity index (χ0) is 21.0. The maximum Gasteiger partial charge on any atom is 0.200 e. The van der Waals surface area contributed by atoms with Crippen LogP contribution in [0.3, 0.4) is 0 Å². The molecule has 0 radical (unpaired) electrons. The Morgan fingerprint density at radius 3 is 2.00 bits per heavy atom. The number of ether oxygens (including phenoxy) is 1. The fourth-order valence-corrected chi connectivity index (χ4v) is 3.17. The molecule has 29 heavy (non-hydrogen) atoms. The highest BCUT2D eigenvalue weighted by Gasteiger charge is 2.15. The van der Waals surface area contributed by atoms with E-state index in [1.54, 1.807) is 43.3 Å². The monoisotopic (exact) mass is 402 g/mol. The normalized spacial score (nSPS) is 11.0. The van der Waals surface area contributed by atoms with Crippen LogP contribution in [0.25, 0.3) is 11.1 Å². The molecule has 0 unspecified atom stereocenters. The second-order valence-corrected chi connectivity index (χ2v) is 6.84. The smallest absolute Gasteiger partial charge is 0.200 e. The summed E-state index contributed by atoms with van der Waals surface area (Å²) in [7, 11) is 0. The van der Waals surface area contributed by atoms with Gasteiger partial charge in [0.2, 0.25) is 5.82 Å². The van der Waals surface area contributed by atoms with Crippen LogP contribution in [0.1, 0.15) is 37.0 Å². The van der Waals surface area contributed by atoms with Crippen LogP contribution in [0.15, 0.2) is 48.5 Å². The van der Waals surface area contributed by atoms with Gasteiger partial charge in [0.25, 0.3) is 0 Å². The van der Waals surface area contributed by atoms with Crippen LogP contribution in [-0.4, -0.2) is 0 Å². The molecule has 152 valence electrons. The van der Waals surface area contributed by atoms with E-state index >= 15 is 0 Å². The van der Waals surface area contributed by atoms with Crippen molar-refractivity contribution in [2.75, 3.05) is 0 Å². The molecular formula is C24H22F4O. The quantitative estimate of drug-likeness (QED) is 0.387. The first-order chi connectivity index (χ1) is 14.0. The SMILES string of the molecule is CCCc1ccc(-c2ccc(COc3ccc(CC)c(F)c3F)cc2)c(F)c1F. The summed E-state index contributed by atoms with van der Waals surface area (Å²) in [5.41, 5.74) is 2.05. The fourth-order valence-electron chi connectivity index (χ4n) is 3.17. The number of rotatable bonds is 7. The number of aryl methyl sites for hydroxylation is 2. The molecule has 0 aliphatic heterocycles. The van der Waals surface area contributed by atoms with Gasteiger partial charge in [0.1, 0.15) is 6.61 Å². The van der Waals surface area contributed by atoms with Gasteiger partial charge in [0, 0.05) is 5.56 Å². The van der Waals surface area contributed by atoms with Gasteiger partial charge in [-0.05, 0) is 41.2 Å². The molecule has 0 aromatic heterocycles. The van der Waals surface area contributed by atoms with E-state index in [-0.39, 0.29) is 17.9 Å². The minimum atomic E-state index is -1.01. The lowest BCUT2D eigenvalue weighted by atomic mass is 10.00. The van der Waals surface area contributed by atoms with Gasteiger partial charge < -0.3 is 4.74 Å². The maximum atomic E-state index is 14.4. The summed E-state index contributed by atoms with van der Waals surface area (Å²) in [5.74, 6) is -3.75. The molecule has 0 atom stereocenters. The second-order valence-electron chi connectivity index (χ2n) is 6.84. The van der Waals surface area contributed by atoms with E-state index in [9.17, 15) is 17.6 Å². The van der Waals surface area contributed by atoms with Crippen molar-refractivity contribution in [3.63, 3.8) is 0 Å². The Hall–Kier alpha value is -2.82. The molecule has 3 rings (SSSR count). The van der Waals surface area contributed by atoms with Crippen LogP contribution in [0.2, 0.25) is 0 Å². The third-order valence-electron chi connectivity index (χ3n) is 4.85. The summed E-state index contributed by atoms with van der Waals surface area (Å²) in [6, 6.07) is 12.7. The number of hydrogen-bond donors (Lipinski definition) is 0. The van der Waals surface area contributed by atoms with Crippen molar-refractivity contribution in [2.45, 2.75) is 39.7 Å². The number of benzene rings is 3. The van der Waals surface area contributed by atoms with Crippen molar-refractivity contribution in [3.05, 3.63) is 88.5 Å². The summed E-state index contributed by atoms with van der Waals surface area (Å²) in [6.07, 6.45) is 1.60. The van der Waals surface area contributed by atoms with Crippen molar-refractivity contribution in [1.82, 2.24) is 0 Å². The molecule has 0 bridgehead atoms. The van der Waals surface area contributed by atoms with Crippen molar-refractivity contribution in [2.24, 2.45) is 0 Å². The molecule has 5 heteroatoms. The third-order valence-corrected chi connectivity index (χ3v) is 4.85. The molecule has 1 nitrogen and oxygen atoms in total. The van der Waals surface area contributed by atoms with Crippen molar-refractivity contribution in [1.29, 1.82) is 0 Å². The molecule has 0 aliphatic carbocycles. The minimum Gasteiger partial charge on any atom is -0.486 e. The van der Waals surface area contributed by atoms with Crippen LogP contribution in [0.5, 0.6) is 5.75 Å². The van der Waals surface area contributed by atoms with Crippen molar-refractivity contribution < 1.29 is 22.3 Å². The van der Waals surface area contributed by atoms with Gasteiger partial charge in [-0.15, -0.1) is 0 Å². The Kier molecular flexibility index (Phi) is 6.57. The number of halogens is 4. The average Bonchev–Trinajstić information content (AvgIpc) is 2.73. The molecule has 3 aromatic rings. The van der Waals surface area contributed by atoms with Crippen LogP contribution >= 0.6 is 0 Å². The first-order valence-electron chi connectivity index (χ1n) is 9.62. The van der Waals surface area contributed by atoms with E-state index in [4.69, 9.17) is 4.74 Å². The van der Waals surface area contributed by atoms with Gasteiger partial charge >= 0.3 is 0 Å². The molecule has 0 aliphatic rings. The van der Waals surface area contributed by atoms with Gasteiger partial charge in [-0.2, -0.15) is 4.39 Å². The molecule has 0 fully saturated rings. The van der Waals surface area contributed by atoms with Crippen LogP contribution in [0, 0.1) is 23.3 Å². The summed E-state index contributed by atoms with van der Waals surface area (Å²) < 4.78 is 61.9. The molecule has 0 heterocycles. The summed E-state index contributed by atoms with van der Waals surface area (Å²) >= 11 is 0. The highest BCUT2D eigenvalue weighted by Crippen LogP contribution is 2.28. The fraction of sp³-hybridized carbons (Fsp3) is 0.250. The van der Waals surface area contributed by atoms with E-state index in [1.165, 1.54) is 12.1 Å². The van der Waals surface area contributed by atoms with Gasteiger partial charge in [-0.1, -0.05) is 62.7 Å². The van der Waals surface area contributed by atoms with Crippen LogP contribution in [0.4, 0.5) is 17.6 Å². The zero-order valence-corrected chi connectivity index (χ0v) is 16.4. The minimum absolute atomic E-state index is 0.0222. The first kappa shape index (κ1) is 20.9. The summed E-state index contributed by atoms with van der Waals surface area (Å²) in [4.78, 5) is 0. The predicted octanol–water partition coefficient (Wildman–Crippen LogP) is 7.00. The lowest BCUT2D eigenvalue weighted by molar-refractivity contribution is 0.284. The number of hydrogen-bond acceptors (Lipinski definition) is 1. The topological polar surface area (TPSA) is 9.23 Å². The Balaban J connectivity index is 1.75. The van der Waals surface area contributed by atoms with Crippen LogP contribution < -0.4 is 4.74 Å². The Labute approximate surface area is 168 Å². The van der Waals surface area contributed by atoms with Gasteiger partial charge in [-0.25, -0.2) is 13.2 Å².